The smallest absolute Gasteiger partial charge is 0.214 e. The number of nitrogens with zero attached hydrogens (tertiary/aromatic N) is 2. The van der Waals surface area contributed by atoms with Gasteiger partial charge in [0.2, 0.25) is 10.0 Å². The summed E-state index contributed by atoms with van der Waals surface area (Å²) >= 11 is 0. The van der Waals surface area contributed by atoms with E-state index in [1.807, 2.05) is 6.92 Å². The van der Waals surface area contributed by atoms with Crippen LogP contribution >= 0.6 is 0 Å². The van der Waals surface area contributed by atoms with Crippen molar-refractivity contribution in [3.63, 3.8) is 0 Å². The van der Waals surface area contributed by atoms with Crippen LogP contribution in [0.25, 0.3) is 0 Å². The Hall–Kier alpha value is -1.91. The Balaban J connectivity index is 2.07. The second kappa shape index (κ2) is 7.77. The third-order valence-electron chi connectivity index (χ3n) is 4.20. The Bertz CT molecular complexity index is 745. The molecule has 2 rings (SSSR count). The summed E-state index contributed by atoms with van der Waals surface area (Å²) in [6.45, 7) is 4.31. The number of Topliss-reactive ketones (excluding diaryl/α,β-unsaturated/α-hetero) is 1. The highest BCUT2D eigenvalue weighted by atomic mass is 32.2. The minimum absolute atomic E-state index is 0.0649. The molecule has 0 radical (unpaired) electrons. The molecule has 0 amide bonds. The van der Waals surface area contributed by atoms with Crippen LogP contribution in [0.2, 0.25) is 0 Å². The van der Waals surface area contributed by atoms with Crippen molar-refractivity contribution in [3.8, 4) is 6.07 Å². The molecule has 24 heavy (non-hydrogen) atoms. The lowest BCUT2D eigenvalue weighted by atomic mass is 10.0. The molecule has 1 aromatic rings. The van der Waals surface area contributed by atoms with Gasteiger partial charge in [-0.3, -0.25) is 4.79 Å². The molecule has 1 heterocycles. The number of hydrogen-bond acceptors (Lipinski definition) is 5. The molecule has 0 aromatic heterocycles. The molecule has 6 nitrogen and oxygen atoms in total. The first-order valence-corrected chi connectivity index (χ1v) is 9.77. The maximum Gasteiger partial charge on any atom is 0.214 e. The number of sulfonamides is 1. The van der Waals surface area contributed by atoms with Gasteiger partial charge in [0.15, 0.2) is 5.78 Å². The first-order valence-electron chi connectivity index (χ1n) is 8.17. The predicted octanol–water partition coefficient (Wildman–Crippen LogP) is 2.38. The van der Waals surface area contributed by atoms with Crippen LogP contribution < -0.4 is 5.32 Å². The number of anilines is 1. The van der Waals surface area contributed by atoms with Gasteiger partial charge in [-0.25, -0.2) is 12.7 Å². The van der Waals surface area contributed by atoms with Crippen molar-refractivity contribution in [1.82, 2.24) is 4.31 Å². The largest absolute Gasteiger partial charge is 0.382 e. The first kappa shape index (κ1) is 18.4. The van der Waals surface area contributed by atoms with Crippen LogP contribution in [-0.2, 0) is 10.0 Å². The summed E-state index contributed by atoms with van der Waals surface area (Å²) in [6, 6.07) is 7.12. The van der Waals surface area contributed by atoms with E-state index in [9.17, 15) is 13.2 Å². The summed E-state index contributed by atoms with van der Waals surface area (Å²) in [7, 11) is -3.15. The molecule has 0 spiro atoms. The molecule has 1 N–H and O–H groups in total. The van der Waals surface area contributed by atoms with Gasteiger partial charge in [0.1, 0.15) is 0 Å². The zero-order valence-electron chi connectivity index (χ0n) is 14.1. The predicted molar refractivity (Wildman–Crippen MR) is 93.5 cm³/mol. The maximum atomic E-state index is 12.1. The zero-order valence-corrected chi connectivity index (χ0v) is 14.9. The van der Waals surface area contributed by atoms with E-state index in [2.05, 4.69) is 11.4 Å². The van der Waals surface area contributed by atoms with Crippen molar-refractivity contribution in [3.05, 3.63) is 29.3 Å². The van der Waals surface area contributed by atoms with Gasteiger partial charge in [0, 0.05) is 30.4 Å². The molecule has 1 aromatic carbocycles. The molecule has 1 aliphatic rings. The van der Waals surface area contributed by atoms with E-state index in [0.29, 0.717) is 49.2 Å². The molecule has 0 unspecified atom stereocenters. The van der Waals surface area contributed by atoms with Crippen molar-refractivity contribution < 1.29 is 13.2 Å². The molecule has 1 saturated heterocycles. The normalized spacial score (nSPS) is 16.5. The third-order valence-corrected chi connectivity index (χ3v) is 6.27. The summed E-state index contributed by atoms with van der Waals surface area (Å²) in [4.78, 5) is 11.8. The molecule has 130 valence electrons. The van der Waals surface area contributed by atoms with Crippen LogP contribution in [0.3, 0.4) is 0 Å². The number of nitrogens with one attached hydrogen (secondary N) is 1. The van der Waals surface area contributed by atoms with E-state index >= 15 is 0 Å². The lowest BCUT2D eigenvalue weighted by Gasteiger charge is -2.32. The summed E-state index contributed by atoms with van der Waals surface area (Å²) in [5.74, 6) is 0.119. The minimum atomic E-state index is -3.15. The second-order valence-corrected chi connectivity index (χ2v) is 8.15. The Morgan fingerprint density at radius 2 is 2.04 bits per heavy atom. The highest BCUT2D eigenvalue weighted by Gasteiger charge is 2.27. The molecule has 1 fully saturated rings. The molecular formula is C17H23N3O3S. The Morgan fingerprint density at radius 1 is 1.38 bits per heavy atom. The molecule has 0 bridgehead atoms. The molecular weight excluding hydrogens is 326 g/mol. The van der Waals surface area contributed by atoms with E-state index in [-0.39, 0.29) is 17.6 Å². The van der Waals surface area contributed by atoms with Gasteiger partial charge in [-0.1, -0.05) is 6.92 Å². The summed E-state index contributed by atoms with van der Waals surface area (Å²) in [6.07, 6.45) is 1.97. The average molecular weight is 349 g/mol. The molecule has 0 atom stereocenters. The number of benzene rings is 1. The standard InChI is InChI=1S/C17H23N3O3S/c1-3-10-24(22,23)20-8-6-15(7-9-20)19-17-11-14(12-18)4-5-16(17)13(2)21/h4-5,11,15,19H,3,6-10H2,1-2H3. The van der Waals surface area contributed by atoms with Gasteiger partial charge in [-0.15, -0.1) is 0 Å². The molecule has 0 saturated carbocycles. The van der Waals surface area contributed by atoms with Crippen LogP contribution in [0.4, 0.5) is 5.69 Å². The summed E-state index contributed by atoms with van der Waals surface area (Å²) in [5, 5.41) is 12.4. The van der Waals surface area contributed by atoms with Crippen molar-refractivity contribution >= 4 is 21.5 Å². The number of hydrogen-bond donors (Lipinski definition) is 1. The quantitative estimate of drug-likeness (QED) is 0.796. The molecule has 0 aliphatic carbocycles. The number of rotatable bonds is 6. The van der Waals surface area contributed by atoms with Crippen LogP contribution in [-0.4, -0.2) is 43.4 Å². The van der Waals surface area contributed by atoms with Crippen molar-refractivity contribution in [2.75, 3.05) is 24.2 Å². The van der Waals surface area contributed by atoms with Crippen molar-refractivity contribution in [1.29, 1.82) is 5.26 Å². The Kier molecular flexibility index (Phi) is 5.97. The highest BCUT2D eigenvalue weighted by Crippen LogP contribution is 2.23. The van der Waals surface area contributed by atoms with E-state index in [4.69, 9.17) is 5.26 Å². The second-order valence-electron chi connectivity index (χ2n) is 6.06. The fourth-order valence-electron chi connectivity index (χ4n) is 2.93. The van der Waals surface area contributed by atoms with Gasteiger partial charge < -0.3 is 5.32 Å². The first-order chi connectivity index (χ1) is 11.4. The van der Waals surface area contributed by atoms with Gasteiger partial charge >= 0.3 is 0 Å². The monoisotopic (exact) mass is 349 g/mol. The van der Waals surface area contributed by atoms with Crippen molar-refractivity contribution in [2.45, 2.75) is 39.2 Å². The zero-order chi connectivity index (χ0) is 17.7. The topological polar surface area (TPSA) is 90.3 Å². The van der Waals surface area contributed by atoms with Crippen LogP contribution in [0.15, 0.2) is 18.2 Å². The Labute approximate surface area is 143 Å². The lowest BCUT2D eigenvalue weighted by molar-refractivity contribution is 0.101. The van der Waals surface area contributed by atoms with E-state index in [1.54, 1.807) is 22.5 Å². The minimum Gasteiger partial charge on any atom is -0.382 e. The average Bonchev–Trinajstić information content (AvgIpc) is 2.55. The fourth-order valence-corrected chi connectivity index (χ4v) is 4.47. The fraction of sp³-hybridized carbons (Fsp3) is 0.529. The van der Waals surface area contributed by atoms with Gasteiger partial charge in [-0.2, -0.15) is 5.26 Å². The molecule has 1 aliphatic heterocycles. The van der Waals surface area contributed by atoms with E-state index < -0.39 is 10.0 Å². The van der Waals surface area contributed by atoms with Crippen LogP contribution in [0.5, 0.6) is 0 Å². The maximum absolute atomic E-state index is 12.1. The third kappa shape index (κ3) is 4.34. The van der Waals surface area contributed by atoms with E-state index in [1.165, 1.54) is 6.92 Å². The van der Waals surface area contributed by atoms with Gasteiger partial charge in [0.05, 0.1) is 17.4 Å². The van der Waals surface area contributed by atoms with E-state index in [0.717, 1.165) is 0 Å². The summed E-state index contributed by atoms with van der Waals surface area (Å²) < 4.78 is 25.8. The Morgan fingerprint density at radius 3 is 2.58 bits per heavy atom. The highest BCUT2D eigenvalue weighted by molar-refractivity contribution is 7.89. The number of carbonyl (C=O) groups excluding carboxylic acids is 1. The van der Waals surface area contributed by atoms with Crippen molar-refractivity contribution in [2.24, 2.45) is 0 Å². The van der Waals surface area contributed by atoms with Gasteiger partial charge in [-0.05, 0) is 44.4 Å². The SMILES string of the molecule is CCCS(=O)(=O)N1CCC(Nc2cc(C#N)ccc2C(C)=O)CC1. The lowest BCUT2D eigenvalue weighted by Crippen LogP contribution is -2.43. The number of nitriles is 1. The number of piperidine rings is 1. The molecule has 7 heteroatoms. The summed E-state index contributed by atoms with van der Waals surface area (Å²) in [5.41, 5.74) is 1.69. The van der Waals surface area contributed by atoms with Crippen LogP contribution in [0, 0.1) is 11.3 Å². The van der Waals surface area contributed by atoms with Gasteiger partial charge in [0.25, 0.3) is 0 Å². The number of ketones is 1. The van der Waals surface area contributed by atoms with Crippen LogP contribution in [0.1, 0.15) is 49.0 Å². The number of carbonyl (C=O) groups is 1.